The quantitative estimate of drug-likeness (QED) is 0.754. The summed E-state index contributed by atoms with van der Waals surface area (Å²) in [4.78, 5) is 26.6. The predicted octanol–water partition coefficient (Wildman–Crippen LogP) is 3.88. The molecule has 0 radical (unpaired) electrons. The molecule has 1 N–H and O–H groups in total. The maximum Gasteiger partial charge on any atom is 0.246 e. The zero-order chi connectivity index (χ0) is 18.9. The standard InChI is InChI=1S/C22H32N2O2/c1-17(2)9-10-18(3)23-22(26)20-13-15-24(16-14-20)21(25)12-11-19-7-5-4-6-8-19/h4-8,11-12,17-18,20H,9-10,13-16H2,1-3H3,(H,23,26)/b12-11+. The van der Waals surface area contributed by atoms with Gasteiger partial charge in [-0.05, 0) is 50.2 Å². The first kappa shape index (κ1) is 20.2. The highest BCUT2D eigenvalue weighted by atomic mass is 16.2. The first-order chi connectivity index (χ1) is 12.5. The molecule has 0 bridgehead atoms. The van der Waals surface area contributed by atoms with E-state index < -0.39 is 0 Å². The van der Waals surface area contributed by atoms with E-state index >= 15 is 0 Å². The zero-order valence-corrected chi connectivity index (χ0v) is 16.3. The topological polar surface area (TPSA) is 49.4 Å². The predicted molar refractivity (Wildman–Crippen MR) is 106 cm³/mol. The third-order valence-corrected chi connectivity index (χ3v) is 4.96. The summed E-state index contributed by atoms with van der Waals surface area (Å²) >= 11 is 0. The number of amides is 2. The van der Waals surface area contributed by atoms with Gasteiger partial charge in [-0.1, -0.05) is 44.2 Å². The summed E-state index contributed by atoms with van der Waals surface area (Å²) < 4.78 is 0. The molecule has 0 aromatic heterocycles. The van der Waals surface area contributed by atoms with E-state index in [2.05, 4.69) is 26.1 Å². The van der Waals surface area contributed by atoms with Gasteiger partial charge in [0.15, 0.2) is 0 Å². The number of benzene rings is 1. The number of hydrogen-bond donors (Lipinski definition) is 1. The van der Waals surface area contributed by atoms with Gasteiger partial charge in [0.1, 0.15) is 0 Å². The summed E-state index contributed by atoms with van der Waals surface area (Å²) in [5.74, 6) is 0.859. The van der Waals surface area contributed by atoms with E-state index in [0.29, 0.717) is 19.0 Å². The molecule has 142 valence electrons. The monoisotopic (exact) mass is 356 g/mol. The molecule has 0 spiro atoms. The summed E-state index contributed by atoms with van der Waals surface area (Å²) in [6, 6.07) is 10.0. The van der Waals surface area contributed by atoms with Gasteiger partial charge in [-0.3, -0.25) is 9.59 Å². The minimum atomic E-state index is 0.0259. The smallest absolute Gasteiger partial charge is 0.246 e. The molecule has 2 rings (SSSR count). The van der Waals surface area contributed by atoms with Gasteiger partial charge in [0.2, 0.25) is 11.8 Å². The molecule has 1 aromatic rings. The van der Waals surface area contributed by atoms with Crippen LogP contribution in [0.15, 0.2) is 36.4 Å². The van der Waals surface area contributed by atoms with Crippen LogP contribution >= 0.6 is 0 Å². The van der Waals surface area contributed by atoms with Crippen LogP contribution in [0.3, 0.4) is 0 Å². The molecular weight excluding hydrogens is 324 g/mol. The highest BCUT2D eigenvalue weighted by Gasteiger charge is 2.27. The highest BCUT2D eigenvalue weighted by molar-refractivity contribution is 5.92. The maximum absolute atomic E-state index is 12.4. The first-order valence-corrected chi connectivity index (χ1v) is 9.78. The summed E-state index contributed by atoms with van der Waals surface area (Å²) in [6.45, 7) is 7.78. The van der Waals surface area contributed by atoms with Gasteiger partial charge in [0, 0.05) is 31.1 Å². The molecule has 4 nitrogen and oxygen atoms in total. The molecule has 0 saturated carbocycles. The molecule has 1 fully saturated rings. The Kier molecular flexibility index (Phi) is 7.89. The number of nitrogens with zero attached hydrogens (tertiary/aromatic N) is 1. The third kappa shape index (κ3) is 6.66. The van der Waals surface area contributed by atoms with Crippen molar-refractivity contribution in [3.05, 3.63) is 42.0 Å². The molecular formula is C22H32N2O2. The molecule has 0 aliphatic carbocycles. The normalized spacial score (nSPS) is 16.8. The minimum Gasteiger partial charge on any atom is -0.353 e. The second kappa shape index (κ2) is 10.1. The van der Waals surface area contributed by atoms with Gasteiger partial charge in [-0.15, -0.1) is 0 Å². The third-order valence-electron chi connectivity index (χ3n) is 4.96. The van der Waals surface area contributed by atoms with Crippen LogP contribution < -0.4 is 5.32 Å². The Labute approximate surface area is 157 Å². The van der Waals surface area contributed by atoms with Crippen LogP contribution in [0, 0.1) is 11.8 Å². The molecule has 2 amide bonds. The maximum atomic E-state index is 12.4. The molecule has 1 heterocycles. The van der Waals surface area contributed by atoms with E-state index in [4.69, 9.17) is 0 Å². The lowest BCUT2D eigenvalue weighted by molar-refractivity contribution is -0.132. The Morgan fingerprint density at radius 1 is 1.12 bits per heavy atom. The van der Waals surface area contributed by atoms with Gasteiger partial charge in [-0.2, -0.15) is 0 Å². The lowest BCUT2D eigenvalue weighted by atomic mass is 9.95. The number of nitrogens with one attached hydrogen (secondary N) is 1. The lowest BCUT2D eigenvalue weighted by Gasteiger charge is -2.31. The van der Waals surface area contributed by atoms with Crippen LogP contribution in [0.25, 0.3) is 6.08 Å². The van der Waals surface area contributed by atoms with Crippen LogP contribution in [0.4, 0.5) is 0 Å². The lowest BCUT2D eigenvalue weighted by Crippen LogP contribution is -2.44. The number of carbonyl (C=O) groups is 2. The van der Waals surface area contributed by atoms with Crippen molar-refractivity contribution in [1.29, 1.82) is 0 Å². The zero-order valence-electron chi connectivity index (χ0n) is 16.3. The van der Waals surface area contributed by atoms with E-state index in [-0.39, 0.29) is 23.8 Å². The number of hydrogen-bond acceptors (Lipinski definition) is 2. The number of likely N-dealkylation sites (tertiary alicyclic amines) is 1. The van der Waals surface area contributed by atoms with E-state index in [1.54, 1.807) is 6.08 Å². The number of carbonyl (C=O) groups excluding carboxylic acids is 2. The molecule has 1 saturated heterocycles. The van der Waals surface area contributed by atoms with Crippen molar-refractivity contribution in [2.24, 2.45) is 11.8 Å². The summed E-state index contributed by atoms with van der Waals surface area (Å²) in [5.41, 5.74) is 1.02. The Balaban J connectivity index is 1.75. The largest absolute Gasteiger partial charge is 0.353 e. The van der Waals surface area contributed by atoms with Crippen molar-refractivity contribution in [3.63, 3.8) is 0 Å². The first-order valence-electron chi connectivity index (χ1n) is 9.78. The van der Waals surface area contributed by atoms with Gasteiger partial charge >= 0.3 is 0 Å². The van der Waals surface area contributed by atoms with Crippen molar-refractivity contribution in [3.8, 4) is 0 Å². The van der Waals surface area contributed by atoms with Crippen molar-refractivity contribution < 1.29 is 9.59 Å². The summed E-state index contributed by atoms with van der Waals surface area (Å²) in [5, 5.41) is 3.14. The van der Waals surface area contributed by atoms with Crippen molar-refractivity contribution in [2.45, 2.75) is 52.5 Å². The van der Waals surface area contributed by atoms with Gasteiger partial charge in [0.05, 0.1) is 0 Å². The van der Waals surface area contributed by atoms with Crippen LogP contribution in [0.5, 0.6) is 0 Å². The Hall–Kier alpha value is -2.10. The average molecular weight is 357 g/mol. The molecule has 1 aliphatic rings. The number of rotatable bonds is 7. The van der Waals surface area contributed by atoms with Gasteiger partial charge in [0.25, 0.3) is 0 Å². The Morgan fingerprint density at radius 3 is 2.38 bits per heavy atom. The van der Waals surface area contributed by atoms with Crippen LogP contribution in [0.2, 0.25) is 0 Å². The molecule has 26 heavy (non-hydrogen) atoms. The molecule has 1 aliphatic heterocycles. The number of piperidine rings is 1. The summed E-state index contributed by atoms with van der Waals surface area (Å²) in [7, 11) is 0. The fourth-order valence-electron chi connectivity index (χ4n) is 3.22. The average Bonchev–Trinajstić information content (AvgIpc) is 2.65. The van der Waals surface area contributed by atoms with Crippen LogP contribution in [0.1, 0.15) is 52.0 Å². The van der Waals surface area contributed by atoms with E-state index in [1.165, 1.54) is 0 Å². The second-order valence-electron chi connectivity index (χ2n) is 7.72. The van der Waals surface area contributed by atoms with E-state index in [0.717, 1.165) is 31.2 Å². The van der Waals surface area contributed by atoms with Gasteiger partial charge < -0.3 is 10.2 Å². The fourth-order valence-corrected chi connectivity index (χ4v) is 3.22. The fraction of sp³-hybridized carbons (Fsp3) is 0.545. The Bertz CT molecular complexity index is 602. The van der Waals surface area contributed by atoms with Crippen LogP contribution in [-0.4, -0.2) is 35.8 Å². The van der Waals surface area contributed by atoms with Gasteiger partial charge in [-0.25, -0.2) is 0 Å². The van der Waals surface area contributed by atoms with Crippen molar-refractivity contribution >= 4 is 17.9 Å². The second-order valence-corrected chi connectivity index (χ2v) is 7.72. The van der Waals surface area contributed by atoms with Crippen molar-refractivity contribution in [2.75, 3.05) is 13.1 Å². The minimum absolute atomic E-state index is 0.0259. The molecule has 1 unspecified atom stereocenters. The summed E-state index contributed by atoms with van der Waals surface area (Å²) in [6.07, 6.45) is 7.11. The molecule has 4 heteroatoms. The molecule has 1 aromatic carbocycles. The van der Waals surface area contributed by atoms with Crippen LogP contribution in [-0.2, 0) is 9.59 Å². The highest BCUT2D eigenvalue weighted by Crippen LogP contribution is 2.18. The van der Waals surface area contributed by atoms with E-state index in [9.17, 15) is 9.59 Å². The SMILES string of the molecule is CC(C)CCC(C)NC(=O)C1CCN(C(=O)/C=C/c2ccccc2)CC1. The van der Waals surface area contributed by atoms with E-state index in [1.807, 2.05) is 41.3 Å². The Morgan fingerprint density at radius 2 is 1.77 bits per heavy atom. The van der Waals surface area contributed by atoms with Crippen molar-refractivity contribution in [1.82, 2.24) is 10.2 Å². The molecule has 1 atom stereocenters.